The molecular weight excluding hydrogens is 142 g/mol. The van der Waals surface area contributed by atoms with Gasteiger partial charge in [0.2, 0.25) is 5.91 Å². The van der Waals surface area contributed by atoms with Crippen LogP contribution in [-0.4, -0.2) is 18.7 Å². The minimum absolute atomic E-state index is 0.163. The quantitative estimate of drug-likeness (QED) is 0.464. The lowest BCUT2D eigenvalue weighted by molar-refractivity contribution is -0.122. The maximum atomic E-state index is 11.0. The van der Waals surface area contributed by atoms with E-state index in [9.17, 15) is 9.59 Å². The highest BCUT2D eigenvalue weighted by Crippen LogP contribution is 2.28. The molecular formula is C8H13NO2. The van der Waals surface area contributed by atoms with E-state index in [2.05, 4.69) is 5.32 Å². The molecule has 62 valence electrons. The van der Waals surface area contributed by atoms with Crippen LogP contribution in [0.1, 0.15) is 25.7 Å². The van der Waals surface area contributed by atoms with Crippen molar-refractivity contribution in [2.45, 2.75) is 25.7 Å². The molecule has 1 N–H and O–H groups in total. The van der Waals surface area contributed by atoms with Crippen LogP contribution in [0, 0.1) is 5.92 Å². The van der Waals surface area contributed by atoms with E-state index in [1.54, 1.807) is 0 Å². The molecule has 0 atom stereocenters. The van der Waals surface area contributed by atoms with Gasteiger partial charge in [-0.15, -0.1) is 0 Å². The Labute approximate surface area is 66.2 Å². The Hall–Kier alpha value is -0.860. The Morgan fingerprint density at radius 1 is 1.55 bits per heavy atom. The molecule has 1 rings (SSSR count). The summed E-state index contributed by atoms with van der Waals surface area (Å²) in [5.74, 6) is 0.446. The summed E-state index contributed by atoms with van der Waals surface area (Å²) in [6.07, 6.45) is 4.27. The van der Waals surface area contributed by atoms with E-state index in [1.807, 2.05) is 0 Å². The molecule has 1 saturated carbocycles. The van der Waals surface area contributed by atoms with E-state index < -0.39 is 0 Å². The lowest BCUT2D eigenvalue weighted by atomic mass is 10.3. The third-order valence-corrected chi connectivity index (χ3v) is 1.75. The molecule has 0 aromatic rings. The fourth-order valence-electron chi connectivity index (χ4n) is 0.887. The van der Waals surface area contributed by atoms with Gasteiger partial charge in [0.25, 0.3) is 0 Å². The molecule has 0 bridgehead atoms. The third kappa shape index (κ3) is 3.16. The first kappa shape index (κ1) is 8.24. The highest BCUT2D eigenvalue weighted by atomic mass is 16.2. The maximum absolute atomic E-state index is 11.0. The molecule has 0 aliphatic heterocycles. The van der Waals surface area contributed by atoms with E-state index in [1.165, 1.54) is 0 Å². The number of hydrogen-bond donors (Lipinski definition) is 1. The highest BCUT2D eigenvalue weighted by Gasteiger charge is 2.28. The van der Waals surface area contributed by atoms with Gasteiger partial charge in [-0.2, -0.15) is 0 Å². The van der Waals surface area contributed by atoms with Crippen molar-refractivity contribution < 1.29 is 9.59 Å². The van der Waals surface area contributed by atoms with Crippen molar-refractivity contribution in [1.29, 1.82) is 0 Å². The first-order valence-corrected chi connectivity index (χ1v) is 4.06. The first-order valence-electron chi connectivity index (χ1n) is 4.06. The van der Waals surface area contributed by atoms with E-state index in [4.69, 9.17) is 0 Å². The molecule has 1 aliphatic rings. The normalized spacial score (nSPS) is 16.0. The lowest BCUT2D eigenvalue weighted by Crippen LogP contribution is -2.25. The lowest BCUT2D eigenvalue weighted by Gasteiger charge is -2.00. The van der Waals surface area contributed by atoms with Gasteiger partial charge in [-0.05, 0) is 19.3 Å². The fraction of sp³-hybridized carbons (Fsp3) is 0.750. The van der Waals surface area contributed by atoms with Gasteiger partial charge < -0.3 is 10.1 Å². The molecule has 1 aliphatic carbocycles. The second kappa shape index (κ2) is 4.11. The Morgan fingerprint density at radius 3 is 2.82 bits per heavy atom. The largest absolute Gasteiger partial charge is 0.356 e. The van der Waals surface area contributed by atoms with Gasteiger partial charge in [-0.25, -0.2) is 0 Å². The minimum atomic E-state index is 0.163. The van der Waals surface area contributed by atoms with Crippen molar-refractivity contribution in [3.8, 4) is 0 Å². The topological polar surface area (TPSA) is 46.2 Å². The van der Waals surface area contributed by atoms with Gasteiger partial charge in [-0.1, -0.05) is 0 Å². The molecule has 0 aromatic carbocycles. The Bertz CT molecular complexity index is 152. The van der Waals surface area contributed by atoms with Crippen LogP contribution in [0.15, 0.2) is 0 Å². The molecule has 0 unspecified atom stereocenters. The van der Waals surface area contributed by atoms with Gasteiger partial charge in [0.15, 0.2) is 0 Å². The van der Waals surface area contributed by atoms with Gasteiger partial charge in [0.05, 0.1) is 0 Å². The van der Waals surface area contributed by atoms with Gasteiger partial charge in [-0.3, -0.25) is 4.79 Å². The molecule has 0 spiro atoms. The second-order valence-electron chi connectivity index (χ2n) is 2.87. The first-order chi connectivity index (χ1) is 5.34. The number of unbranched alkanes of at least 4 members (excludes halogenated alkanes) is 1. The zero-order valence-electron chi connectivity index (χ0n) is 6.51. The summed E-state index contributed by atoms with van der Waals surface area (Å²) in [5, 5.41) is 2.78. The van der Waals surface area contributed by atoms with E-state index in [0.717, 1.165) is 25.5 Å². The number of hydrogen-bond acceptors (Lipinski definition) is 2. The Balaban J connectivity index is 1.93. The van der Waals surface area contributed by atoms with Crippen molar-refractivity contribution in [2.75, 3.05) is 6.54 Å². The molecule has 3 heteroatoms. The summed E-state index contributed by atoms with van der Waals surface area (Å²) in [5.41, 5.74) is 0. The standard InChI is InChI=1S/C8H13NO2/c10-6-2-1-5-9-8(11)7-3-4-7/h6-7H,1-5H2,(H,9,11). The number of carbonyl (C=O) groups is 2. The average Bonchev–Trinajstić information content (AvgIpc) is 2.79. The van der Waals surface area contributed by atoms with Gasteiger partial charge in [0.1, 0.15) is 6.29 Å². The van der Waals surface area contributed by atoms with E-state index >= 15 is 0 Å². The minimum Gasteiger partial charge on any atom is -0.356 e. The third-order valence-electron chi connectivity index (χ3n) is 1.75. The number of aldehydes is 1. The molecule has 3 nitrogen and oxygen atoms in total. The predicted molar refractivity (Wildman–Crippen MR) is 41.0 cm³/mol. The van der Waals surface area contributed by atoms with Crippen LogP contribution in [0.5, 0.6) is 0 Å². The van der Waals surface area contributed by atoms with Crippen molar-refractivity contribution in [2.24, 2.45) is 5.92 Å². The number of carbonyl (C=O) groups excluding carboxylic acids is 2. The van der Waals surface area contributed by atoms with Gasteiger partial charge >= 0.3 is 0 Å². The molecule has 0 heterocycles. The molecule has 1 amide bonds. The number of amides is 1. The highest BCUT2D eigenvalue weighted by molar-refractivity contribution is 5.80. The van der Waals surface area contributed by atoms with Crippen LogP contribution in [0.4, 0.5) is 0 Å². The van der Waals surface area contributed by atoms with Crippen LogP contribution in [0.2, 0.25) is 0 Å². The van der Waals surface area contributed by atoms with Crippen molar-refractivity contribution >= 4 is 12.2 Å². The van der Waals surface area contributed by atoms with Crippen molar-refractivity contribution in [1.82, 2.24) is 5.32 Å². The summed E-state index contributed by atoms with van der Waals surface area (Å²) in [6, 6.07) is 0. The summed E-state index contributed by atoms with van der Waals surface area (Å²) in [6.45, 7) is 0.647. The summed E-state index contributed by atoms with van der Waals surface area (Å²) < 4.78 is 0. The number of nitrogens with one attached hydrogen (secondary N) is 1. The SMILES string of the molecule is O=CCCCNC(=O)C1CC1. The monoisotopic (exact) mass is 155 g/mol. The maximum Gasteiger partial charge on any atom is 0.223 e. The van der Waals surface area contributed by atoms with Crippen molar-refractivity contribution in [3.05, 3.63) is 0 Å². The average molecular weight is 155 g/mol. The van der Waals surface area contributed by atoms with Crippen LogP contribution in [0.25, 0.3) is 0 Å². The summed E-state index contributed by atoms with van der Waals surface area (Å²) in [4.78, 5) is 20.9. The Kier molecular flexibility index (Phi) is 3.08. The zero-order chi connectivity index (χ0) is 8.10. The van der Waals surface area contributed by atoms with Crippen LogP contribution in [-0.2, 0) is 9.59 Å². The van der Waals surface area contributed by atoms with E-state index in [-0.39, 0.29) is 11.8 Å². The summed E-state index contributed by atoms with van der Waals surface area (Å²) in [7, 11) is 0. The molecule has 0 radical (unpaired) electrons. The fourth-order valence-corrected chi connectivity index (χ4v) is 0.887. The zero-order valence-corrected chi connectivity index (χ0v) is 6.51. The van der Waals surface area contributed by atoms with Gasteiger partial charge in [0, 0.05) is 18.9 Å². The van der Waals surface area contributed by atoms with Crippen LogP contribution in [0.3, 0.4) is 0 Å². The van der Waals surface area contributed by atoms with Crippen molar-refractivity contribution in [3.63, 3.8) is 0 Å². The Morgan fingerprint density at radius 2 is 2.27 bits per heavy atom. The predicted octanol–water partition coefficient (Wildman–Crippen LogP) is 0.492. The molecule has 1 fully saturated rings. The molecule has 11 heavy (non-hydrogen) atoms. The van der Waals surface area contributed by atoms with Crippen LogP contribution >= 0.6 is 0 Å². The van der Waals surface area contributed by atoms with Crippen LogP contribution < -0.4 is 5.32 Å². The molecule has 0 saturated heterocycles. The number of rotatable bonds is 5. The smallest absolute Gasteiger partial charge is 0.223 e. The molecule has 0 aromatic heterocycles. The second-order valence-corrected chi connectivity index (χ2v) is 2.87. The summed E-state index contributed by atoms with van der Waals surface area (Å²) >= 11 is 0. The van der Waals surface area contributed by atoms with E-state index in [0.29, 0.717) is 13.0 Å².